The number of amides is 1. The average Bonchev–Trinajstić information content (AvgIpc) is 2.94. The fraction of sp³-hybridized carbons (Fsp3) is 0.438. The first-order chi connectivity index (χ1) is 11.8. The summed E-state index contributed by atoms with van der Waals surface area (Å²) in [6, 6.07) is 5.49. The Bertz CT molecular complexity index is 757. The van der Waals surface area contributed by atoms with Crippen molar-refractivity contribution in [2.45, 2.75) is 26.4 Å². The molecule has 0 aliphatic carbocycles. The van der Waals surface area contributed by atoms with E-state index >= 15 is 0 Å². The molecule has 2 aromatic rings. The quantitative estimate of drug-likeness (QED) is 0.286. The Hall–Kier alpha value is -1.25. The number of hydrogen-bond acceptors (Lipinski definition) is 5. The van der Waals surface area contributed by atoms with Crippen molar-refractivity contribution < 1.29 is 19.1 Å². The molecule has 0 spiro atoms. The number of Topliss-reactive ketones (excluding diaryl/α,β-unsaturated/α-hetero) is 1. The third-order valence-corrected chi connectivity index (χ3v) is 5.01. The van der Waals surface area contributed by atoms with Gasteiger partial charge in [0, 0.05) is 17.5 Å². The van der Waals surface area contributed by atoms with Gasteiger partial charge in [-0.1, -0.05) is 12.1 Å². The molecule has 0 saturated heterocycles. The molecule has 1 amide bonds. The van der Waals surface area contributed by atoms with Crippen LogP contribution in [0.4, 0.5) is 4.79 Å². The van der Waals surface area contributed by atoms with E-state index in [1.165, 1.54) is 0 Å². The highest BCUT2D eigenvalue weighted by atomic mass is 127. The Morgan fingerprint density at radius 3 is 2.80 bits per heavy atom. The number of rotatable bonds is 7. The molecule has 0 saturated carbocycles. The zero-order valence-corrected chi connectivity index (χ0v) is 17.5. The lowest BCUT2D eigenvalue weighted by Crippen LogP contribution is -2.34. The highest BCUT2D eigenvalue weighted by molar-refractivity contribution is 14.2. The third-order valence-electron chi connectivity index (χ3n) is 3.12. The van der Waals surface area contributed by atoms with Gasteiger partial charge in [-0.05, 0) is 48.9 Å². The summed E-state index contributed by atoms with van der Waals surface area (Å²) in [5, 5.41) is 7.85. The van der Waals surface area contributed by atoms with Crippen LogP contribution < -0.4 is 5.32 Å². The van der Waals surface area contributed by atoms with E-state index in [1.54, 1.807) is 33.0 Å². The van der Waals surface area contributed by atoms with E-state index in [9.17, 15) is 9.59 Å². The van der Waals surface area contributed by atoms with Crippen LogP contribution in [-0.2, 0) is 9.47 Å². The second kappa shape index (κ2) is 8.91. The molecule has 0 aliphatic rings. The van der Waals surface area contributed by atoms with Crippen LogP contribution >= 0.6 is 28.4 Å². The molecule has 7 nitrogen and oxygen atoms in total. The largest absolute Gasteiger partial charge is 0.444 e. The summed E-state index contributed by atoms with van der Waals surface area (Å²) < 4.78 is 12.3. The van der Waals surface area contributed by atoms with Crippen LogP contribution in [0.5, 0.6) is 0 Å². The lowest BCUT2D eigenvalue weighted by Gasteiger charge is -2.19. The van der Waals surface area contributed by atoms with Crippen LogP contribution in [0.3, 0.4) is 0 Å². The first kappa shape index (κ1) is 20.1. The van der Waals surface area contributed by atoms with Crippen molar-refractivity contribution in [3.8, 4) is 0 Å². The smallest absolute Gasteiger partial charge is 0.407 e. The molecule has 0 bridgehead atoms. The maximum absolute atomic E-state index is 12.2. The van der Waals surface area contributed by atoms with Crippen LogP contribution in [0.25, 0.3) is 10.9 Å². The first-order valence-corrected chi connectivity index (χ1v) is 11.8. The standard InChI is InChI=1S/C16H21IN3O4P/c1-16(2,3)24-15(22)18-6-7-23-10-14(21)11-4-5-12-9-19-20(25-17)13(12)8-11/h4-5,8-9,25H,6-7,10H2,1-3H3,(H,18,22). The van der Waals surface area contributed by atoms with Gasteiger partial charge in [-0.2, -0.15) is 5.10 Å². The average molecular weight is 477 g/mol. The summed E-state index contributed by atoms with van der Waals surface area (Å²) in [4.78, 5) is 23.7. The molecular weight excluding hydrogens is 456 g/mol. The maximum Gasteiger partial charge on any atom is 0.407 e. The summed E-state index contributed by atoms with van der Waals surface area (Å²) >= 11 is 2.25. The Kier molecular flexibility index (Phi) is 7.15. The third kappa shape index (κ3) is 6.20. The van der Waals surface area contributed by atoms with Gasteiger partial charge < -0.3 is 14.8 Å². The van der Waals surface area contributed by atoms with Gasteiger partial charge in [0.25, 0.3) is 0 Å². The van der Waals surface area contributed by atoms with Gasteiger partial charge in [0.1, 0.15) is 12.2 Å². The van der Waals surface area contributed by atoms with Gasteiger partial charge in [0.2, 0.25) is 0 Å². The number of benzene rings is 1. The molecule has 1 N–H and O–H groups in total. The zero-order chi connectivity index (χ0) is 18.4. The number of ether oxygens (including phenoxy) is 2. The normalized spacial score (nSPS) is 12.0. The number of carbonyl (C=O) groups is 2. The summed E-state index contributed by atoms with van der Waals surface area (Å²) in [6.45, 7) is 5.86. The lowest BCUT2D eigenvalue weighted by molar-refractivity contribution is 0.0498. The van der Waals surface area contributed by atoms with Crippen molar-refractivity contribution in [3.63, 3.8) is 0 Å². The number of fused-ring (bicyclic) bond motifs is 1. The first-order valence-electron chi connectivity index (χ1n) is 7.72. The van der Waals surface area contributed by atoms with Gasteiger partial charge in [-0.15, -0.1) is 0 Å². The SMILES string of the molecule is CC(C)(C)OC(=O)NCCOCC(=O)c1ccc2cnn(PI)c2c1. The maximum atomic E-state index is 12.2. The Balaban J connectivity index is 1.78. The summed E-state index contributed by atoms with van der Waals surface area (Å²) in [6.07, 6.45) is 1.76. The second-order valence-electron chi connectivity index (χ2n) is 6.32. The van der Waals surface area contributed by atoms with E-state index in [1.807, 2.05) is 16.6 Å². The Morgan fingerprint density at radius 2 is 2.12 bits per heavy atom. The zero-order valence-electron chi connectivity index (χ0n) is 14.3. The number of nitrogens with one attached hydrogen (secondary N) is 1. The van der Waals surface area contributed by atoms with Crippen LogP contribution in [0, 0.1) is 0 Å². The Labute approximate surface area is 161 Å². The number of alkyl carbamates (subject to hydrolysis) is 1. The summed E-state index contributed by atoms with van der Waals surface area (Å²) in [5.41, 5.74) is 0.985. The summed E-state index contributed by atoms with van der Waals surface area (Å²) in [7, 11) is 0. The number of hydrogen-bond donors (Lipinski definition) is 1. The van der Waals surface area contributed by atoms with Crippen LogP contribution in [0.15, 0.2) is 24.4 Å². The molecular formula is C16H21IN3O4P. The highest BCUT2D eigenvalue weighted by Gasteiger charge is 2.15. The molecule has 1 aromatic heterocycles. The van der Waals surface area contributed by atoms with Crippen LogP contribution in [0.1, 0.15) is 31.1 Å². The molecule has 1 atom stereocenters. The lowest BCUT2D eigenvalue weighted by atomic mass is 10.1. The molecule has 136 valence electrons. The van der Waals surface area contributed by atoms with Gasteiger partial charge >= 0.3 is 6.09 Å². The van der Waals surface area contributed by atoms with E-state index in [-0.39, 0.29) is 25.5 Å². The number of ketones is 1. The number of carbonyl (C=O) groups excluding carboxylic acids is 2. The van der Waals surface area contributed by atoms with Crippen LogP contribution in [-0.4, -0.2) is 46.8 Å². The fourth-order valence-corrected chi connectivity index (χ4v) is 3.59. The van der Waals surface area contributed by atoms with E-state index < -0.39 is 11.7 Å². The molecule has 0 radical (unpaired) electrons. The fourth-order valence-electron chi connectivity index (χ4n) is 2.05. The molecule has 1 unspecified atom stereocenters. The predicted octanol–water partition coefficient (Wildman–Crippen LogP) is 3.55. The van der Waals surface area contributed by atoms with E-state index in [4.69, 9.17) is 9.47 Å². The van der Waals surface area contributed by atoms with Gasteiger partial charge in [0.15, 0.2) is 5.78 Å². The number of aromatic nitrogens is 2. The molecule has 0 aliphatic heterocycles. The molecule has 2 rings (SSSR count). The Morgan fingerprint density at radius 1 is 1.36 bits per heavy atom. The van der Waals surface area contributed by atoms with Gasteiger partial charge in [-0.25, -0.2) is 9.25 Å². The predicted molar refractivity (Wildman–Crippen MR) is 107 cm³/mol. The van der Waals surface area contributed by atoms with Gasteiger partial charge in [-0.3, -0.25) is 4.79 Å². The van der Waals surface area contributed by atoms with Crippen LogP contribution in [0.2, 0.25) is 0 Å². The van der Waals surface area contributed by atoms with Crippen molar-refractivity contribution in [1.29, 1.82) is 0 Å². The number of halogens is 1. The minimum atomic E-state index is -0.537. The van der Waals surface area contributed by atoms with Crippen molar-refractivity contribution in [2.75, 3.05) is 19.8 Å². The molecule has 25 heavy (non-hydrogen) atoms. The minimum absolute atomic E-state index is 0.0395. The molecule has 9 heteroatoms. The number of nitrogens with zero attached hydrogens (tertiary/aromatic N) is 2. The van der Waals surface area contributed by atoms with E-state index in [0.717, 1.165) is 10.9 Å². The second-order valence-corrected chi connectivity index (χ2v) is 8.36. The van der Waals surface area contributed by atoms with E-state index in [0.29, 0.717) is 11.9 Å². The van der Waals surface area contributed by atoms with Crippen molar-refractivity contribution >= 4 is 51.2 Å². The molecule has 0 fully saturated rings. The van der Waals surface area contributed by atoms with Crippen molar-refractivity contribution in [2.24, 2.45) is 0 Å². The molecule has 1 aromatic carbocycles. The minimum Gasteiger partial charge on any atom is -0.444 e. The van der Waals surface area contributed by atoms with E-state index in [2.05, 4.69) is 32.5 Å². The highest BCUT2D eigenvalue weighted by Crippen LogP contribution is 2.28. The topological polar surface area (TPSA) is 82.4 Å². The monoisotopic (exact) mass is 477 g/mol. The van der Waals surface area contributed by atoms with Crippen molar-refractivity contribution in [3.05, 3.63) is 30.0 Å². The van der Waals surface area contributed by atoms with Gasteiger partial charge in [0.05, 0.1) is 24.7 Å². The van der Waals surface area contributed by atoms with Crippen molar-refractivity contribution in [1.82, 2.24) is 14.9 Å². The molecule has 1 heterocycles. The summed E-state index contributed by atoms with van der Waals surface area (Å²) in [5.74, 6) is -0.108.